The molecule has 0 saturated carbocycles. The Bertz CT molecular complexity index is 606. The zero-order valence-corrected chi connectivity index (χ0v) is 12.0. The maximum absolute atomic E-state index is 12.2. The molecule has 1 aromatic heterocycles. The Kier molecular flexibility index (Phi) is 3.85. The van der Waals surface area contributed by atoms with E-state index in [0.717, 1.165) is 15.4 Å². The highest BCUT2D eigenvalue weighted by molar-refractivity contribution is 7.11. The Morgan fingerprint density at radius 3 is 2.74 bits per heavy atom. The number of benzene rings is 1. The van der Waals surface area contributed by atoms with Gasteiger partial charge < -0.3 is 11.1 Å². The molecule has 1 aromatic carbocycles. The third kappa shape index (κ3) is 3.12. The van der Waals surface area contributed by atoms with Crippen LogP contribution in [0, 0.1) is 13.8 Å². The van der Waals surface area contributed by atoms with Gasteiger partial charge in [0.25, 0.3) is 5.91 Å². The molecule has 1 unspecified atom stereocenters. The van der Waals surface area contributed by atoms with Crippen LogP contribution in [0.1, 0.15) is 38.8 Å². The molecule has 3 N–H and O–H groups in total. The Morgan fingerprint density at radius 2 is 2.16 bits per heavy atom. The van der Waals surface area contributed by atoms with Gasteiger partial charge in [0.15, 0.2) is 0 Å². The summed E-state index contributed by atoms with van der Waals surface area (Å²) in [5, 5.41) is 3.81. The summed E-state index contributed by atoms with van der Waals surface area (Å²) < 4.78 is 0. The Morgan fingerprint density at radius 1 is 1.42 bits per heavy atom. The van der Waals surface area contributed by atoms with Gasteiger partial charge in [-0.3, -0.25) is 4.79 Å². The summed E-state index contributed by atoms with van der Waals surface area (Å²) in [6, 6.07) is 5.31. The van der Waals surface area contributed by atoms with Crippen LogP contribution in [0.25, 0.3) is 0 Å². The molecule has 1 atom stereocenters. The van der Waals surface area contributed by atoms with E-state index in [1.807, 2.05) is 33.0 Å². The fraction of sp³-hybridized carbons (Fsp3) is 0.286. The third-order valence-electron chi connectivity index (χ3n) is 2.81. The van der Waals surface area contributed by atoms with Crippen LogP contribution in [0.5, 0.6) is 0 Å². The van der Waals surface area contributed by atoms with Crippen LogP contribution in [-0.2, 0) is 0 Å². The summed E-state index contributed by atoms with van der Waals surface area (Å²) in [5.41, 5.74) is 7.91. The number of carbonyl (C=O) groups excluding carboxylic acids is 1. The van der Waals surface area contributed by atoms with E-state index in [9.17, 15) is 4.79 Å². The molecule has 19 heavy (non-hydrogen) atoms. The number of carbonyl (C=O) groups is 1. The monoisotopic (exact) mass is 275 g/mol. The number of hydrogen-bond acceptors (Lipinski definition) is 4. The van der Waals surface area contributed by atoms with Crippen molar-refractivity contribution in [3.05, 3.63) is 45.4 Å². The molecule has 1 amide bonds. The third-order valence-corrected chi connectivity index (χ3v) is 3.90. The second-order valence-electron chi connectivity index (χ2n) is 4.60. The van der Waals surface area contributed by atoms with Crippen LogP contribution in [-0.4, -0.2) is 10.9 Å². The fourth-order valence-electron chi connectivity index (χ4n) is 1.80. The fourth-order valence-corrected chi connectivity index (χ4v) is 2.57. The predicted molar refractivity (Wildman–Crippen MR) is 78.3 cm³/mol. The van der Waals surface area contributed by atoms with Crippen molar-refractivity contribution in [1.82, 2.24) is 10.3 Å². The van der Waals surface area contributed by atoms with Gasteiger partial charge in [0, 0.05) is 16.8 Å². The first-order valence-electron chi connectivity index (χ1n) is 6.06. The number of nitrogens with two attached hydrogens (primary N) is 1. The van der Waals surface area contributed by atoms with Crippen LogP contribution >= 0.6 is 11.3 Å². The SMILES string of the molecule is Cc1ccc(C(=O)NC(C)c2ncc(C)s2)c(N)c1. The first-order chi connectivity index (χ1) is 8.97. The molecule has 100 valence electrons. The van der Waals surface area contributed by atoms with Gasteiger partial charge in [-0.25, -0.2) is 4.98 Å². The first-order valence-corrected chi connectivity index (χ1v) is 6.88. The topological polar surface area (TPSA) is 68.0 Å². The highest BCUT2D eigenvalue weighted by Crippen LogP contribution is 2.20. The average Bonchev–Trinajstić information content (AvgIpc) is 2.75. The number of anilines is 1. The minimum absolute atomic E-state index is 0.119. The Labute approximate surface area is 116 Å². The lowest BCUT2D eigenvalue weighted by Gasteiger charge is -2.12. The molecular formula is C14H17N3OS. The minimum atomic E-state index is -0.169. The number of rotatable bonds is 3. The van der Waals surface area contributed by atoms with Crippen molar-refractivity contribution in [1.29, 1.82) is 0 Å². The predicted octanol–water partition coefficient (Wildman–Crippen LogP) is 2.83. The van der Waals surface area contributed by atoms with E-state index in [1.165, 1.54) is 0 Å². The Hall–Kier alpha value is -1.88. The van der Waals surface area contributed by atoms with Crippen LogP contribution in [0.2, 0.25) is 0 Å². The number of nitrogens with one attached hydrogen (secondary N) is 1. The highest BCUT2D eigenvalue weighted by Gasteiger charge is 2.15. The van der Waals surface area contributed by atoms with Crippen LogP contribution in [0.4, 0.5) is 5.69 Å². The molecule has 0 aliphatic heterocycles. The maximum Gasteiger partial charge on any atom is 0.253 e. The summed E-state index contributed by atoms with van der Waals surface area (Å²) >= 11 is 1.58. The van der Waals surface area contributed by atoms with E-state index in [1.54, 1.807) is 23.5 Å². The van der Waals surface area contributed by atoms with Crippen molar-refractivity contribution in [3.63, 3.8) is 0 Å². The molecule has 5 heteroatoms. The summed E-state index contributed by atoms with van der Waals surface area (Å²) in [6.07, 6.45) is 1.81. The van der Waals surface area contributed by atoms with Crippen LogP contribution in [0.15, 0.2) is 24.4 Å². The van der Waals surface area contributed by atoms with Crippen molar-refractivity contribution >= 4 is 22.9 Å². The zero-order valence-electron chi connectivity index (χ0n) is 11.2. The molecule has 1 heterocycles. The standard InChI is InChI=1S/C14H17N3OS/c1-8-4-5-11(12(15)6-8)13(18)17-10(3)14-16-7-9(2)19-14/h4-7,10H,15H2,1-3H3,(H,17,18). The molecule has 0 saturated heterocycles. The smallest absolute Gasteiger partial charge is 0.253 e. The molecule has 0 radical (unpaired) electrons. The number of hydrogen-bond donors (Lipinski definition) is 2. The lowest BCUT2D eigenvalue weighted by Crippen LogP contribution is -2.27. The zero-order chi connectivity index (χ0) is 14.0. The van der Waals surface area contributed by atoms with E-state index >= 15 is 0 Å². The van der Waals surface area contributed by atoms with Crippen LogP contribution in [0.3, 0.4) is 0 Å². The summed E-state index contributed by atoms with van der Waals surface area (Å²) in [4.78, 5) is 17.6. The van der Waals surface area contributed by atoms with Gasteiger partial charge in [-0.15, -0.1) is 11.3 Å². The van der Waals surface area contributed by atoms with Gasteiger partial charge in [-0.2, -0.15) is 0 Å². The molecule has 0 fully saturated rings. The van der Waals surface area contributed by atoms with Gasteiger partial charge in [0.1, 0.15) is 5.01 Å². The van der Waals surface area contributed by atoms with Gasteiger partial charge in [-0.05, 0) is 38.5 Å². The maximum atomic E-state index is 12.2. The molecule has 4 nitrogen and oxygen atoms in total. The Balaban J connectivity index is 2.12. The average molecular weight is 275 g/mol. The normalized spacial score (nSPS) is 12.2. The van der Waals surface area contributed by atoms with Crippen molar-refractivity contribution < 1.29 is 4.79 Å². The number of nitrogen functional groups attached to an aromatic ring is 1. The van der Waals surface area contributed by atoms with E-state index < -0.39 is 0 Å². The molecule has 0 aliphatic rings. The van der Waals surface area contributed by atoms with Crippen molar-refractivity contribution in [3.8, 4) is 0 Å². The largest absolute Gasteiger partial charge is 0.398 e. The van der Waals surface area contributed by atoms with E-state index in [4.69, 9.17) is 5.73 Å². The van der Waals surface area contributed by atoms with Gasteiger partial charge in [-0.1, -0.05) is 6.07 Å². The number of nitrogens with zero attached hydrogens (tertiary/aromatic N) is 1. The first kappa shape index (κ1) is 13.5. The van der Waals surface area contributed by atoms with Crippen LogP contribution < -0.4 is 11.1 Å². The minimum Gasteiger partial charge on any atom is -0.398 e. The molecule has 0 spiro atoms. The summed E-state index contributed by atoms with van der Waals surface area (Å²) in [7, 11) is 0. The second-order valence-corrected chi connectivity index (χ2v) is 5.86. The van der Waals surface area contributed by atoms with Gasteiger partial charge >= 0.3 is 0 Å². The number of aromatic nitrogens is 1. The highest BCUT2D eigenvalue weighted by atomic mass is 32.1. The summed E-state index contributed by atoms with van der Waals surface area (Å²) in [6.45, 7) is 5.85. The van der Waals surface area contributed by atoms with Gasteiger partial charge in [0.05, 0.1) is 11.6 Å². The lowest BCUT2D eigenvalue weighted by atomic mass is 10.1. The lowest BCUT2D eigenvalue weighted by molar-refractivity contribution is 0.0940. The molecule has 0 bridgehead atoms. The van der Waals surface area contributed by atoms with Crippen molar-refractivity contribution in [2.24, 2.45) is 0 Å². The quantitative estimate of drug-likeness (QED) is 0.846. The van der Waals surface area contributed by atoms with Crippen molar-refractivity contribution in [2.45, 2.75) is 26.8 Å². The number of amides is 1. The van der Waals surface area contributed by atoms with E-state index in [2.05, 4.69) is 10.3 Å². The molecule has 2 rings (SSSR count). The molecule has 0 aliphatic carbocycles. The van der Waals surface area contributed by atoms with E-state index in [0.29, 0.717) is 11.3 Å². The van der Waals surface area contributed by atoms with Crippen molar-refractivity contribution in [2.75, 3.05) is 5.73 Å². The summed E-state index contributed by atoms with van der Waals surface area (Å²) in [5.74, 6) is -0.169. The number of thiazole rings is 1. The van der Waals surface area contributed by atoms with E-state index in [-0.39, 0.29) is 11.9 Å². The molecule has 2 aromatic rings. The molecular weight excluding hydrogens is 258 g/mol. The van der Waals surface area contributed by atoms with Gasteiger partial charge in [0.2, 0.25) is 0 Å². The number of aryl methyl sites for hydroxylation is 2. The second kappa shape index (κ2) is 5.40.